The van der Waals surface area contributed by atoms with Gasteiger partial charge in [-0.25, -0.2) is 0 Å². The number of hydrogen-bond acceptors (Lipinski definition) is 4. The van der Waals surface area contributed by atoms with E-state index in [0.29, 0.717) is 16.8 Å². The summed E-state index contributed by atoms with van der Waals surface area (Å²) in [4.78, 5) is 45.4. The molecule has 202 valence electrons. The van der Waals surface area contributed by atoms with Crippen LogP contribution in [-0.2, 0) is 6.18 Å². The molecule has 3 atom stereocenters. The first-order valence-electron chi connectivity index (χ1n) is 13.2. The van der Waals surface area contributed by atoms with Gasteiger partial charge in [0.05, 0.1) is 11.6 Å². The smallest absolute Gasteiger partial charge is 0.352 e. The lowest BCUT2D eigenvalue weighted by Gasteiger charge is -2.37. The van der Waals surface area contributed by atoms with Gasteiger partial charge in [-0.15, -0.1) is 0 Å². The molecule has 0 saturated carbocycles. The Kier molecular flexibility index (Phi) is 5.45. The van der Waals surface area contributed by atoms with Crippen molar-refractivity contribution in [3.63, 3.8) is 0 Å². The van der Waals surface area contributed by atoms with E-state index in [2.05, 4.69) is 0 Å². The monoisotopic (exact) mass is 549 g/mol. The van der Waals surface area contributed by atoms with Crippen molar-refractivity contribution < 1.29 is 27.6 Å². The molecule has 1 aliphatic carbocycles. The lowest BCUT2D eigenvalue weighted by molar-refractivity contribution is -0.137. The zero-order valence-corrected chi connectivity index (χ0v) is 21.5. The minimum Gasteiger partial charge on any atom is -0.352 e. The molecule has 2 heterocycles. The molecule has 2 aliphatic heterocycles. The Labute approximate surface area is 233 Å². The van der Waals surface area contributed by atoms with Crippen molar-refractivity contribution in [2.45, 2.75) is 24.2 Å². The van der Waals surface area contributed by atoms with Gasteiger partial charge in [-0.1, -0.05) is 97.1 Å². The van der Waals surface area contributed by atoms with E-state index < -0.39 is 46.7 Å². The SMILES string of the molecule is O=C(c1ccccc1)[C@@H]1[C@@H](c2ccc(C(F)(F)F)cc2)C2(C(=O)c3ccccc3C2=O)[C@H]2C=Cc3ccccc3N12. The summed E-state index contributed by atoms with van der Waals surface area (Å²) in [6.07, 6.45) is -0.931. The highest BCUT2D eigenvalue weighted by atomic mass is 19.4. The number of fused-ring (bicyclic) bond motifs is 5. The van der Waals surface area contributed by atoms with E-state index in [1.165, 1.54) is 12.1 Å². The number of rotatable bonds is 3. The normalized spacial score (nSPS) is 22.0. The van der Waals surface area contributed by atoms with Crippen LogP contribution in [0.1, 0.15) is 53.7 Å². The van der Waals surface area contributed by atoms with E-state index in [-0.39, 0.29) is 16.9 Å². The average molecular weight is 550 g/mol. The van der Waals surface area contributed by atoms with E-state index in [9.17, 15) is 27.6 Å². The first kappa shape index (κ1) is 25.2. The number of carbonyl (C=O) groups is 3. The molecule has 1 saturated heterocycles. The van der Waals surface area contributed by atoms with Gasteiger partial charge in [0, 0.05) is 28.3 Å². The second-order valence-electron chi connectivity index (χ2n) is 10.6. The van der Waals surface area contributed by atoms with Gasteiger partial charge in [0.1, 0.15) is 11.5 Å². The first-order valence-corrected chi connectivity index (χ1v) is 13.2. The second kappa shape index (κ2) is 8.86. The van der Waals surface area contributed by atoms with Gasteiger partial charge in [-0.3, -0.25) is 14.4 Å². The zero-order chi connectivity index (χ0) is 28.5. The number of para-hydroxylation sites is 1. The molecule has 4 aromatic rings. The van der Waals surface area contributed by atoms with Crippen LogP contribution in [-0.4, -0.2) is 29.4 Å². The fourth-order valence-electron chi connectivity index (χ4n) is 6.94. The van der Waals surface area contributed by atoms with Crippen LogP contribution in [0.5, 0.6) is 0 Å². The maximum Gasteiger partial charge on any atom is 0.416 e. The topological polar surface area (TPSA) is 54.5 Å². The van der Waals surface area contributed by atoms with Gasteiger partial charge in [0.15, 0.2) is 17.3 Å². The van der Waals surface area contributed by atoms with Crippen molar-refractivity contribution in [2.24, 2.45) is 5.41 Å². The highest BCUT2D eigenvalue weighted by molar-refractivity contribution is 6.32. The summed E-state index contributed by atoms with van der Waals surface area (Å²) >= 11 is 0. The molecule has 4 aromatic carbocycles. The van der Waals surface area contributed by atoms with E-state index >= 15 is 0 Å². The van der Waals surface area contributed by atoms with Crippen LogP contribution >= 0.6 is 0 Å². The summed E-state index contributed by atoms with van der Waals surface area (Å²) in [5, 5.41) is 0. The standard InChI is InChI=1S/C34H22F3NO3/c35-34(36,37)23-17-14-21(15-18-23)28-29(30(39)22-9-2-1-3-10-22)38-26-13-7-4-8-20(26)16-19-27(38)33(28)31(40)24-11-5-6-12-25(24)32(33)41/h1-19,27-29H/t27-,28-,29+/m1/s1. The van der Waals surface area contributed by atoms with Crippen LogP contribution in [0.4, 0.5) is 18.9 Å². The molecule has 3 aliphatic rings. The van der Waals surface area contributed by atoms with Gasteiger partial charge in [-0.05, 0) is 29.3 Å². The molecule has 1 spiro atoms. The molecule has 0 N–H and O–H groups in total. The third-order valence-corrected chi connectivity index (χ3v) is 8.64. The van der Waals surface area contributed by atoms with E-state index in [1.54, 1.807) is 60.7 Å². The molecule has 1 fully saturated rings. The third-order valence-electron chi connectivity index (χ3n) is 8.64. The molecule has 0 radical (unpaired) electrons. The minimum atomic E-state index is -4.57. The number of Topliss-reactive ketones (excluding diaryl/α,β-unsaturated/α-hetero) is 3. The number of halogens is 3. The molecule has 7 rings (SSSR count). The highest BCUT2D eigenvalue weighted by Gasteiger charge is 2.71. The third kappa shape index (κ3) is 3.44. The summed E-state index contributed by atoms with van der Waals surface area (Å²) in [6, 6.07) is 25.2. The van der Waals surface area contributed by atoms with Gasteiger partial charge >= 0.3 is 6.18 Å². The predicted octanol–water partition coefficient (Wildman–Crippen LogP) is 7.02. The van der Waals surface area contributed by atoms with Crippen molar-refractivity contribution in [3.8, 4) is 0 Å². The Bertz CT molecular complexity index is 1720. The number of alkyl halides is 3. The summed E-state index contributed by atoms with van der Waals surface area (Å²) in [6.45, 7) is 0. The summed E-state index contributed by atoms with van der Waals surface area (Å²) < 4.78 is 40.6. The van der Waals surface area contributed by atoms with Gasteiger partial charge in [0.25, 0.3) is 0 Å². The number of nitrogens with zero attached hydrogens (tertiary/aromatic N) is 1. The zero-order valence-electron chi connectivity index (χ0n) is 21.5. The number of hydrogen-bond donors (Lipinski definition) is 0. The van der Waals surface area contributed by atoms with Crippen LogP contribution in [0.15, 0.2) is 109 Å². The highest BCUT2D eigenvalue weighted by Crippen LogP contribution is 2.61. The van der Waals surface area contributed by atoms with Crippen molar-refractivity contribution in [3.05, 3.63) is 143 Å². The van der Waals surface area contributed by atoms with Crippen LogP contribution in [0.3, 0.4) is 0 Å². The fourth-order valence-corrected chi connectivity index (χ4v) is 6.94. The molecule has 0 bridgehead atoms. The van der Waals surface area contributed by atoms with Crippen LogP contribution < -0.4 is 4.90 Å². The molecular formula is C34H22F3NO3. The van der Waals surface area contributed by atoms with Gasteiger partial charge < -0.3 is 4.90 Å². The Balaban J connectivity index is 1.53. The quantitative estimate of drug-likeness (QED) is 0.204. The van der Waals surface area contributed by atoms with Crippen molar-refractivity contribution in [1.82, 2.24) is 0 Å². The lowest BCUT2D eigenvalue weighted by atomic mass is 9.64. The van der Waals surface area contributed by atoms with Crippen molar-refractivity contribution in [1.29, 1.82) is 0 Å². The number of carbonyl (C=O) groups excluding carboxylic acids is 3. The van der Waals surface area contributed by atoms with Crippen LogP contribution in [0, 0.1) is 5.41 Å². The molecular weight excluding hydrogens is 527 g/mol. The largest absolute Gasteiger partial charge is 0.416 e. The summed E-state index contributed by atoms with van der Waals surface area (Å²) in [5.41, 5.74) is 0.101. The fraction of sp³-hybridized carbons (Fsp3) is 0.147. The van der Waals surface area contributed by atoms with E-state index in [0.717, 1.165) is 17.7 Å². The molecule has 0 aromatic heterocycles. The van der Waals surface area contributed by atoms with Crippen LogP contribution in [0.2, 0.25) is 0 Å². The summed E-state index contributed by atoms with van der Waals surface area (Å²) in [5.74, 6) is -2.24. The molecule has 4 nitrogen and oxygen atoms in total. The first-order chi connectivity index (χ1) is 19.7. The number of anilines is 1. The maximum absolute atomic E-state index is 14.5. The predicted molar refractivity (Wildman–Crippen MR) is 148 cm³/mol. The van der Waals surface area contributed by atoms with Crippen LogP contribution in [0.25, 0.3) is 6.08 Å². The molecule has 0 amide bonds. The number of benzene rings is 4. The van der Waals surface area contributed by atoms with Gasteiger partial charge in [0.2, 0.25) is 0 Å². The van der Waals surface area contributed by atoms with E-state index in [1.807, 2.05) is 35.2 Å². The Morgan fingerprint density at radius 1 is 0.732 bits per heavy atom. The summed E-state index contributed by atoms with van der Waals surface area (Å²) in [7, 11) is 0. The molecule has 7 heteroatoms. The molecule has 41 heavy (non-hydrogen) atoms. The maximum atomic E-state index is 14.5. The van der Waals surface area contributed by atoms with E-state index in [4.69, 9.17) is 0 Å². The Hall–Kier alpha value is -4.78. The minimum absolute atomic E-state index is 0.259. The van der Waals surface area contributed by atoms with Crippen molar-refractivity contribution in [2.75, 3.05) is 4.90 Å². The Morgan fingerprint density at radius 2 is 1.32 bits per heavy atom. The average Bonchev–Trinajstić information content (AvgIpc) is 3.43. The second-order valence-corrected chi connectivity index (χ2v) is 10.6. The number of ketones is 3. The Morgan fingerprint density at radius 3 is 1.95 bits per heavy atom. The van der Waals surface area contributed by atoms with Gasteiger partial charge in [-0.2, -0.15) is 13.2 Å². The lowest BCUT2D eigenvalue weighted by Crippen LogP contribution is -2.48. The van der Waals surface area contributed by atoms with Crippen molar-refractivity contribution >= 4 is 29.1 Å². The molecule has 0 unspecified atom stereocenters.